The zero-order valence-electron chi connectivity index (χ0n) is 14.3. The number of carbonyl (C=O) groups excluding carboxylic acids is 3. The molecule has 0 heterocycles. The number of anilines is 1. The van der Waals surface area contributed by atoms with Gasteiger partial charge in [-0.2, -0.15) is 0 Å². The molecule has 0 saturated heterocycles. The quantitative estimate of drug-likeness (QED) is 0.366. The molecule has 1 aliphatic rings. The number of nitrogens with one attached hydrogen (secondary N) is 3. The van der Waals surface area contributed by atoms with Crippen LogP contribution in [0.2, 0.25) is 0 Å². The molecule has 2 rings (SSSR count). The van der Waals surface area contributed by atoms with Crippen LogP contribution in [0.1, 0.15) is 12.8 Å². The fraction of sp³-hybridized carbons (Fsp3) is 0.353. The van der Waals surface area contributed by atoms with Gasteiger partial charge in [0.2, 0.25) is 11.8 Å². The molecular weight excluding hydrogens is 420 g/mol. The number of rotatable bonds is 6. The highest BCUT2D eigenvalue weighted by Crippen LogP contribution is 2.22. The van der Waals surface area contributed by atoms with Crippen LogP contribution in [0.4, 0.5) is 10.5 Å². The summed E-state index contributed by atoms with van der Waals surface area (Å²) in [5.74, 6) is -1.05. The molecule has 10 heteroatoms. The molecule has 1 aromatic rings. The Balaban J connectivity index is 2.02. The number of carbonyl (C=O) groups is 3. The van der Waals surface area contributed by atoms with Crippen molar-refractivity contribution in [3.63, 3.8) is 0 Å². The molecule has 9 nitrogen and oxygen atoms in total. The van der Waals surface area contributed by atoms with Gasteiger partial charge in [-0.15, -0.1) is 0 Å². The maximum Gasteiger partial charge on any atom is 0.319 e. The summed E-state index contributed by atoms with van der Waals surface area (Å²) in [7, 11) is 0. The van der Waals surface area contributed by atoms with Gasteiger partial charge in [0.15, 0.2) is 0 Å². The fourth-order valence-electron chi connectivity index (χ4n) is 2.55. The normalized spacial score (nSPS) is 21.7. The van der Waals surface area contributed by atoms with E-state index in [1.807, 2.05) is 0 Å². The number of nitrogens with two attached hydrogens (primary N) is 1. The summed E-state index contributed by atoms with van der Waals surface area (Å²) >= 11 is 3.30. The summed E-state index contributed by atoms with van der Waals surface area (Å²) in [5.41, 5.74) is 5.73. The minimum Gasteiger partial charge on any atom is -0.390 e. The number of primary amides is 1. The number of hydrogen-bond acceptors (Lipinski definition) is 5. The summed E-state index contributed by atoms with van der Waals surface area (Å²) in [6, 6.07) is 5.40. The van der Waals surface area contributed by atoms with Crippen molar-refractivity contribution in [2.24, 2.45) is 5.73 Å². The number of hydrogen-bond donors (Lipinski definition) is 6. The minimum atomic E-state index is -1.27. The fourth-order valence-corrected chi connectivity index (χ4v) is 2.93. The summed E-state index contributed by atoms with van der Waals surface area (Å²) in [4.78, 5) is 35.1. The highest BCUT2D eigenvalue weighted by molar-refractivity contribution is 9.10. The highest BCUT2D eigenvalue weighted by atomic mass is 79.9. The molecule has 146 valence electrons. The van der Waals surface area contributed by atoms with Crippen LogP contribution in [0, 0.1) is 0 Å². The molecule has 1 aromatic carbocycles. The first kappa shape index (κ1) is 20.9. The van der Waals surface area contributed by atoms with Gasteiger partial charge in [-0.1, -0.05) is 18.2 Å². The molecule has 0 aromatic heterocycles. The number of urea groups is 1. The topological polar surface area (TPSA) is 154 Å². The Morgan fingerprint density at radius 1 is 1.22 bits per heavy atom. The first-order chi connectivity index (χ1) is 12.8. The Kier molecular flexibility index (Phi) is 7.34. The van der Waals surface area contributed by atoms with Crippen LogP contribution in [0.3, 0.4) is 0 Å². The van der Waals surface area contributed by atoms with Gasteiger partial charge in [0, 0.05) is 29.4 Å². The van der Waals surface area contributed by atoms with E-state index in [0.717, 1.165) is 0 Å². The molecule has 3 unspecified atom stereocenters. The second kappa shape index (κ2) is 9.49. The minimum absolute atomic E-state index is 0.0137. The third-order valence-electron chi connectivity index (χ3n) is 3.94. The zero-order chi connectivity index (χ0) is 20.0. The summed E-state index contributed by atoms with van der Waals surface area (Å²) in [6.45, 7) is 0.0603. The van der Waals surface area contributed by atoms with Crippen molar-refractivity contribution >= 4 is 39.5 Å². The summed E-state index contributed by atoms with van der Waals surface area (Å²) in [6.07, 6.45) is -1.19. The van der Waals surface area contributed by atoms with Crippen LogP contribution >= 0.6 is 15.9 Å². The lowest BCUT2D eigenvalue weighted by Gasteiger charge is -2.31. The number of aliphatic hydroxyl groups is 2. The van der Waals surface area contributed by atoms with Gasteiger partial charge in [-0.05, 0) is 28.1 Å². The molecule has 0 spiro atoms. The van der Waals surface area contributed by atoms with Gasteiger partial charge in [-0.25, -0.2) is 4.79 Å². The van der Waals surface area contributed by atoms with E-state index in [-0.39, 0.29) is 25.0 Å². The van der Waals surface area contributed by atoms with Crippen LogP contribution in [-0.2, 0) is 9.59 Å². The zero-order valence-corrected chi connectivity index (χ0v) is 15.9. The molecule has 0 saturated carbocycles. The molecule has 0 aliphatic heterocycles. The van der Waals surface area contributed by atoms with E-state index in [2.05, 4.69) is 31.9 Å². The first-order valence-electron chi connectivity index (χ1n) is 8.23. The van der Waals surface area contributed by atoms with E-state index >= 15 is 0 Å². The molecule has 4 amide bonds. The van der Waals surface area contributed by atoms with Crippen LogP contribution in [0.5, 0.6) is 0 Å². The SMILES string of the molecule is NC(=O)CCNC(=O)C1=CC(NC(=O)Nc2ccccc2Br)C(O)C(O)C1. The molecule has 1 aliphatic carbocycles. The van der Waals surface area contributed by atoms with E-state index in [9.17, 15) is 24.6 Å². The van der Waals surface area contributed by atoms with Crippen LogP contribution in [0.25, 0.3) is 0 Å². The Bertz CT molecular complexity index is 755. The highest BCUT2D eigenvalue weighted by Gasteiger charge is 2.33. The molecule has 0 radical (unpaired) electrons. The van der Waals surface area contributed by atoms with Crippen molar-refractivity contribution in [2.75, 3.05) is 11.9 Å². The van der Waals surface area contributed by atoms with E-state index in [1.165, 1.54) is 6.08 Å². The number of aliphatic hydroxyl groups excluding tert-OH is 2. The van der Waals surface area contributed by atoms with Gasteiger partial charge in [-0.3, -0.25) is 9.59 Å². The van der Waals surface area contributed by atoms with Gasteiger partial charge in [0.25, 0.3) is 0 Å². The maximum atomic E-state index is 12.2. The average molecular weight is 441 g/mol. The van der Waals surface area contributed by atoms with E-state index in [4.69, 9.17) is 5.73 Å². The van der Waals surface area contributed by atoms with Crippen molar-refractivity contribution in [2.45, 2.75) is 31.1 Å². The Labute approximate surface area is 164 Å². The average Bonchev–Trinajstić information content (AvgIpc) is 2.60. The first-order valence-corrected chi connectivity index (χ1v) is 9.02. The van der Waals surface area contributed by atoms with Crippen molar-refractivity contribution in [1.29, 1.82) is 0 Å². The lowest BCUT2D eigenvalue weighted by atomic mass is 9.90. The van der Waals surface area contributed by atoms with E-state index < -0.39 is 36.1 Å². The lowest BCUT2D eigenvalue weighted by Crippen LogP contribution is -2.52. The predicted molar refractivity (Wildman–Crippen MR) is 102 cm³/mol. The van der Waals surface area contributed by atoms with Crippen LogP contribution in [-0.4, -0.2) is 52.9 Å². The Hall–Kier alpha value is -2.43. The largest absolute Gasteiger partial charge is 0.390 e. The van der Waals surface area contributed by atoms with Gasteiger partial charge < -0.3 is 31.9 Å². The molecule has 3 atom stereocenters. The third-order valence-corrected chi connectivity index (χ3v) is 4.63. The monoisotopic (exact) mass is 440 g/mol. The summed E-state index contributed by atoms with van der Waals surface area (Å²) < 4.78 is 0.675. The standard InChI is InChI=1S/C17H21BrN4O5/c18-10-3-1-2-4-11(10)21-17(27)22-12-7-9(8-13(23)15(12)25)16(26)20-6-5-14(19)24/h1-4,7,12-13,15,23,25H,5-6,8H2,(H2,19,24)(H,20,26)(H2,21,22,27). The molecule has 27 heavy (non-hydrogen) atoms. The van der Waals surface area contributed by atoms with Crippen molar-refractivity contribution in [3.05, 3.63) is 40.4 Å². The Morgan fingerprint density at radius 3 is 2.59 bits per heavy atom. The molecular formula is C17H21BrN4O5. The molecule has 0 fully saturated rings. The maximum absolute atomic E-state index is 12.2. The van der Waals surface area contributed by atoms with Gasteiger partial charge in [0.05, 0.1) is 17.8 Å². The number of para-hydroxylation sites is 1. The number of halogens is 1. The molecule has 7 N–H and O–H groups in total. The molecule has 0 bridgehead atoms. The van der Waals surface area contributed by atoms with Crippen molar-refractivity contribution < 1.29 is 24.6 Å². The third kappa shape index (κ3) is 6.05. The van der Waals surface area contributed by atoms with Gasteiger partial charge in [0.1, 0.15) is 6.10 Å². The Morgan fingerprint density at radius 2 is 1.93 bits per heavy atom. The number of benzene rings is 1. The second-order valence-electron chi connectivity index (χ2n) is 6.03. The second-order valence-corrected chi connectivity index (χ2v) is 6.88. The van der Waals surface area contributed by atoms with Gasteiger partial charge >= 0.3 is 6.03 Å². The number of amides is 4. The van der Waals surface area contributed by atoms with E-state index in [1.54, 1.807) is 24.3 Å². The van der Waals surface area contributed by atoms with Crippen molar-refractivity contribution in [1.82, 2.24) is 10.6 Å². The predicted octanol–water partition coefficient (Wildman–Crippen LogP) is -0.0173. The van der Waals surface area contributed by atoms with Crippen LogP contribution in [0.15, 0.2) is 40.4 Å². The smallest absolute Gasteiger partial charge is 0.319 e. The van der Waals surface area contributed by atoms with Crippen LogP contribution < -0.4 is 21.7 Å². The van der Waals surface area contributed by atoms with Crippen molar-refractivity contribution in [3.8, 4) is 0 Å². The lowest BCUT2D eigenvalue weighted by molar-refractivity contribution is -0.119. The summed E-state index contributed by atoms with van der Waals surface area (Å²) in [5, 5.41) is 27.8. The van der Waals surface area contributed by atoms with E-state index in [0.29, 0.717) is 10.2 Å².